The van der Waals surface area contributed by atoms with Gasteiger partial charge in [0.25, 0.3) is 0 Å². The van der Waals surface area contributed by atoms with Crippen molar-refractivity contribution in [1.82, 2.24) is 19.6 Å². The summed E-state index contributed by atoms with van der Waals surface area (Å²) >= 11 is 0. The van der Waals surface area contributed by atoms with Crippen LogP contribution in [0.3, 0.4) is 0 Å². The molecule has 1 amide bonds. The third-order valence-electron chi connectivity index (χ3n) is 2.96. The minimum absolute atomic E-state index is 0.267. The average molecular weight is 273 g/mol. The number of rotatable bonds is 2. The van der Waals surface area contributed by atoms with Crippen LogP contribution in [0.4, 0.5) is 10.2 Å². The van der Waals surface area contributed by atoms with Gasteiger partial charge in [-0.05, 0) is 12.1 Å². The van der Waals surface area contributed by atoms with Crippen LogP contribution in [0.25, 0.3) is 16.7 Å². The monoisotopic (exact) mass is 273 g/mol. The van der Waals surface area contributed by atoms with Crippen molar-refractivity contribution in [3.8, 4) is 0 Å². The van der Waals surface area contributed by atoms with Gasteiger partial charge in [-0.25, -0.2) is 9.37 Å². The smallest absolute Gasteiger partial charge is 0.222 e. The van der Waals surface area contributed by atoms with Crippen LogP contribution in [-0.4, -0.2) is 25.5 Å². The van der Waals surface area contributed by atoms with Gasteiger partial charge in [-0.3, -0.25) is 9.20 Å². The summed E-state index contributed by atoms with van der Waals surface area (Å²) in [5, 5.41) is 10.7. The number of anilines is 1. The van der Waals surface area contributed by atoms with Gasteiger partial charge in [0.1, 0.15) is 11.6 Å². The average Bonchev–Trinajstić information content (AvgIpc) is 2.82. The van der Waals surface area contributed by atoms with Gasteiger partial charge in [0.05, 0.1) is 11.0 Å². The molecule has 2 aromatic heterocycles. The minimum atomic E-state index is -0.385. The Morgan fingerprint density at radius 3 is 2.90 bits per heavy atom. The summed E-state index contributed by atoms with van der Waals surface area (Å²) in [6.45, 7) is 3.33. The molecule has 0 radical (unpaired) electrons. The predicted molar refractivity (Wildman–Crippen MR) is 71.9 cm³/mol. The number of nitrogens with one attached hydrogen (secondary N) is 1. The normalized spacial score (nSPS) is 11.2. The molecule has 6 nitrogen and oxygen atoms in total. The third kappa shape index (κ3) is 1.87. The Balaban J connectivity index is 2.43. The van der Waals surface area contributed by atoms with Crippen LogP contribution in [0.5, 0.6) is 0 Å². The maximum absolute atomic E-state index is 13.4. The quantitative estimate of drug-likeness (QED) is 0.774. The fraction of sp³-hybridized carbons (Fsp3) is 0.231. The summed E-state index contributed by atoms with van der Waals surface area (Å²) in [5.74, 6) is 0.355. The molecular formula is C13H12FN5O. The summed E-state index contributed by atoms with van der Waals surface area (Å²) in [7, 11) is 0. The van der Waals surface area contributed by atoms with E-state index in [4.69, 9.17) is 0 Å². The largest absolute Gasteiger partial charge is 0.308 e. The lowest BCUT2D eigenvalue weighted by Gasteiger charge is -2.08. The second kappa shape index (κ2) is 4.52. The Kier molecular flexibility index (Phi) is 2.81. The Morgan fingerprint density at radius 1 is 1.40 bits per heavy atom. The summed E-state index contributed by atoms with van der Waals surface area (Å²) in [6.07, 6.45) is 0.664. The molecule has 0 spiro atoms. The molecular weight excluding hydrogens is 261 g/mol. The molecule has 7 heteroatoms. The van der Waals surface area contributed by atoms with E-state index < -0.39 is 0 Å². The van der Waals surface area contributed by atoms with Gasteiger partial charge in [0.2, 0.25) is 11.6 Å². The topological polar surface area (TPSA) is 72.2 Å². The van der Waals surface area contributed by atoms with Gasteiger partial charge in [-0.1, -0.05) is 6.92 Å². The first-order chi connectivity index (χ1) is 9.60. The van der Waals surface area contributed by atoms with Crippen LogP contribution in [0.1, 0.15) is 19.7 Å². The van der Waals surface area contributed by atoms with Crippen molar-refractivity contribution >= 4 is 28.4 Å². The van der Waals surface area contributed by atoms with Crippen LogP contribution in [0.2, 0.25) is 0 Å². The van der Waals surface area contributed by atoms with Crippen LogP contribution >= 0.6 is 0 Å². The summed E-state index contributed by atoms with van der Waals surface area (Å²) in [6, 6.07) is 4.31. The Labute approximate surface area is 113 Å². The number of hydrogen-bond acceptors (Lipinski definition) is 4. The highest BCUT2D eigenvalue weighted by Gasteiger charge is 2.15. The molecule has 1 aromatic carbocycles. The lowest BCUT2D eigenvalue weighted by molar-refractivity contribution is -0.114. The van der Waals surface area contributed by atoms with Gasteiger partial charge in [-0.15, -0.1) is 10.2 Å². The second-order valence-electron chi connectivity index (χ2n) is 4.40. The molecule has 0 aliphatic carbocycles. The van der Waals surface area contributed by atoms with Crippen molar-refractivity contribution in [2.24, 2.45) is 0 Å². The van der Waals surface area contributed by atoms with E-state index in [0.717, 1.165) is 5.82 Å². The first-order valence-electron chi connectivity index (χ1n) is 6.21. The number of aromatic nitrogens is 4. The van der Waals surface area contributed by atoms with Crippen molar-refractivity contribution < 1.29 is 9.18 Å². The highest BCUT2D eigenvalue weighted by Crippen LogP contribution is 2.22. The fourth-order valence-electron chi connectivity index (χ4n) is 2.15. The number of hydrogen-bond donors (Lipinski definition) is 1. The lowest BCUT2D eigenvalue weighted by Crippen LogP contribution is -2.10. The van der Waals surface area contributed by atoms with E-state index in [0.29, 0.717) is 23.1 Å². The number of benzene rings is 1. The number of carbonyl (C=O) groups excluding carboxylic acids is 1. The van der Waals surface area contributed by atoms with E-state index in [1.54, 1.807) is 10.5 Å². The van der Waals surface area contributed by atoms with E-state index in [-0.39, 0.29) is 17.5 Å². The highest BCUT2D eigenvalue weighted by atomic mass is 19.1. The first kappa shape index (κ1) is 12.5. The standard InChI is InChI=1S/C13H12FN5O/c1-3-11-17-18-13-12(15-7(2)20)16-9-6-8(14)4-5-10(9)19(11)13/h4-6H,3H2,1-2H3,(H,15,16,20). The van der Waals surface area contributed by atoms with Gasteiger partial charge >= 0.3 is 0 Å². The molecule has 0 aliphatic heterocycles. The molecule has 2 heterocycles. The van der Waals surface area contributed by atoms with Gasteiger partial charge in [0, 0.05) is 19.4 Å². The number of amides is 1. The maximum Gasteiger partial charge on any atom is 0.222 e. The van der Waals surface area contributed by atoms with Gasteiger partial charge in [-0.2, -0.15) is 0 Å². The molecule has 20 heavy (non-hydrogen) atoms. The third-order valence-corrected chi connectivity index (χ3v) is 2.96. The number of carbonyl (C=O) groups is 1. The lowest BCUT2D eigenvalue weighted by atomic mass is 10.2. The summed E-state index contributed by atoms with van der Waals surface area (Å²) in [4.78, 5) is 15.5. The van der Waals surface area contributed by atoms with E-state index in [1.165, 1.54) is 19.1 Å². The zero-order valence-electron chi connectivity index (χ0n) is 11.0. The van der Waals surface area contributed by atoms with Crippen LogP contribution < -0.4 is 5.32 Å². The molecule has 0 saturated carbocycles. The van der Waals surface area contributed by atoms with E-state index in [1.807, 2.05) is 6.92 Å². The van der Waals surface area contributed by atoms with Crippen molar-refractivity contribution in [2.45, 2.75) is 20.3 Å². The van der Waals surface area contributed by atoms with E-state index in [9.17, 15) is 9.18 Å². The molecule has 0 saturated heterocycles. The molecule has 0 bridgehead atoms. The van der Waals surface area contributed by atoms with E-state index in [2.05, 4.69) is 20.5 Å². The van der Waals surface area contributed by atoms with E-state index >= 15 is 0 Å². The molecule has 0 aliphatic rings. The maximum atomic E-state index is 13.4. The van der Waals surface area contributed by atoms with Crippen molar-refractivity contribution in [3.63, 3.8) is 0 Å². The van der Waals surface area contributed by atoms with Crippen LogP contribution in [0.15, 0.2) is 18.2 Å². The summed E-state index contributed by atoms with van der Waals surface area (Å²) in [5.41, 5.74) is 1.60. The van der Waals surface area contributed by atoms with Crippen LogP contribution in [-0.2, 0) is 11.2 Å². The SMILES string of the molecule is CCc1nnc2c(NC(C)=O)nc3cc(F)ccc3n12. The Hall–Kier alpha value is -2.57. The molecule has 102 valence electrons. The number of nitrogens with zero attached hydrogens (tertiary/aromatic N) is 4. The summed E-state index contributed by atoms with van der Waals surface area (Å²) < 4.78 is 15.2. The number of fused-ring (bicyclic) bond motifs is 3. The Morgan fingerprint density at radius 2 is 2.20 bits per heavy atom. The Bertz CT molecular complexity index is 826. The molecule has 0 atom stereocenters. The second-order valence-corrected chi connectivity index (χ2v) is 4.40. The number of halogens is 1. The molecule has 1 N–H and O–H groups in total. The number of aryl methyl sites for hydroxylation is 1. The molecule has 3 rings (SSSR count). The first-order valence-corrected chi connectivity index (χ1v) is 6.21. The van der Waals surface area contributed by atoms with Crippen molar-refractivity contribution in [1.29, 1.82) is 0 Å². The van der Waals surface area contributed by atoms with Crippen molar-refractivity contribution in [2.75, 3.05) is 5.32 Å². The zero-order chi connectivity index (χ0) is 14.3. The van der Waals surface area contributed by atoms with Gasteiger partial charge in [0.15, 0.2) is 5.82 Å². The molecule has 3 aromatic rings. The zero-order valence-corrected chi connectivity index (χ0v) is 11.0. The molecule has 0 fully saturated rings. The van der Waals surface area contributed by atoms with Crippen LogP contribution in [0, 0.1) is 5.82 Å². The highest BCUT2D eigenvalue weighted by molar-refractivity contribution is 5.93. The fourth-order valence-corrected chi connectivity index (χ4v) is 2.15. The van der Waals surface area contributed by atoms with Gasteiger partial charge < -0.3 is 5.32 Å². The minimum Gasteiger partial charge on any atom is -0.308 e. The molecule has 0 unspecified atom stereocenters. The van der Waals surface area contributed by atoms with Crippen molar-refractivity contribution in [3.05, 3.63) is 29.8 Å². The predicted octanol–water partition coefficient (Wildman–Crippen LogP) is 1.94.